The van der Waals surface area contributed by atoms with Crippen LogP contribution in [0.2, 0.25) is 0 Å². The Kier molecular flexibility index (Phi) is 2.79. The van der Waals surface area contributed by atoms with Crippen LogP contribution in [0.25, 0.3) is 6.08 Å². The molecule has 1 aromatic carbocycles. The van der Waals surface area contributed by atoms with E-state index in [0.29, 0.717) is 16.8 Å². The highest BCUT2D eigenvalue weighted by molar-refractivity contribution is 5.65. The van der Waals surface area contributed by atoms with E-state index in [-0.39, 0.29) is 5.75 Å². The second kappa shape index (κ2) is 4.24. The first-order valence-corrected chi connectivity index (χ1v) is 5.00. The topological polar surface area (TPSA) is 66.5 Å². The molecule has 1 aliphatic rings. The largest absolute Gasteiger partial charge is 0.507 e. The van der Waals surface area contributed by atoms with E-state index in [9.17, 15) is 10.2 Å². The number of nitrogens with two attached hydrogens (primary N) is 1. The van der Waals surface area contributed by atoms with Gasteiger partial charge in [-0.3, -0.25) is 0 Å². The maximum Gasteiger partial charge on any atom is 0.122 e. The van der Waals surface area contributed by atoms with Gasteiger partial charge in [-0.25, -0.2) is 0 Å². The van der Waals surface area contributed by atoms with Gasteiger partial charge >= 0.3 is 0 Å². The number of phenolic OH excluding ortho intramolecular Hbond substituents is 1. The fourth-order valence-corrected chi connectivity index (χ4v) is 1.58. The smallest absolute Gasteiger partial charge is 0.122 e. The average Bonchev–Trinajstić information content (AvgIpc) is 2.26. The monoisotopic (exact) mass is 215 g/mol. The number of aliphatic hydroxyl groups is 1. The van der Waals surface area contributed by atoms with Crippen molar-refractivity contribution in [1.29, 1.82) is 0 Å². The highest BCUT2D eigenvalue weighted by Gasteiger charge is 2.13. The molecule has 16 heavy (non-hydrogen) atoms. The summed E-state index contributed by atoms with van der Waals surface area (Å²) < 4.78 is 0. The molecular formula is C13H13NO2. The SMILES string of the molecule is NC1=CC=CC(O)C1=Cc1ccccc1O. The fraction of sp³-hybridized carbons (Fsp3) is 0.0769. The Morgan fingerprint density at radius 3 is 2.69 bits per heavy atom. The molecule has 0 fully saturated rings. The summed E-state index contributed by atoms with van der Waals surface area (Å²) in [6.45, 7) is 0. The van der Waals surface area contributed by atoms with Crippen LogP contribution in [0.3, 0.4) is 0 Å². The maximum atomic E-state index is 9.73. The molecule has 0 amide bonds. The lowest BCUT2D eigenvalue weighted by molar-refractivity contribution is 0.261. The highest BCUT2D eigenvalue weighted by Crippen LogP contribution is 2.24. The van der Waals surface area contributed by atoms with E-state index < -0.39 is 6.10 Å². The molecule has 1 aromatic rings. The zero-order valence-corrected chi connectivity index (χ0v) is 8.67. The predicted molar refractivity (Wildman–Crippen MR) is 63.5 cm³/mol. The summed E-state index contributed by atoms with van der Waals surface area (Å²) in [5.41, 5.74) is 7.52. The Balaban J connectivity index is 2.41. The van der Waals surface area contributed by atoms with E-state index in [1.165, 1.54) is 0 Å². The van der Waals surface area contributed by atoms with Crippen molar-refractivity contribution in [3.05, 3.63) is 59.3 Å². The number of benzene rings is 1. The van der Waals surface area contributed by atoms with Crippen LogP contribution in [0, 0.1) is 0 Å². The Morgan fingerprint density at radius 1 is 1.25 bits per heavy atom. The lowest BCUT2D eigenvalue weighted by Crippen LogP contribution is -2.16. The molecular weight excluding hydrogens is 202 g/mol. The fourth-order valence-electron chi connectivity index (χ4n) is 1.58. The minimum Gasteiger partial charge on any atom is -0.507 e. The maximum absolute atomic E-state index is 9.73. The van der Waals surface area contributed by atoms with E-state index in [4.69, 9.17) is 5.73 Å². The van der Waals surface area contributed by atoms with Gasteiger partial charge < -0.3 is 15.9 Å². The zero-order chi connectivity index (χ0) is 11.5. The average molecular weight is 215 g/mol. The Labute approximate surface area is 93.8 Å². The Hall–Kier alpha value is -2.00. The second-order valence-electron chi connectivity index (χ2n) is 3.61. The van der Waals surface area contributed by atoms with Crippen molar-refractivity contribution in [3.63, 3.8) is 0 Å². The second-order valence-corrected chi connectivity index (χ2v) is 3.61. The van der Waals surface area contributed by atoms with Crippen molar-refractivity contribution < 1.29 is 10.2 Å². The van der Waals surface area contributed by atoms with Gasteiger partial charge in [0.05, 0.1) is 6.10 Å². The number of rotatable bonds is 1. The molecule has 3 nitrogen and oxygen atoms in total. The van der Waals surface area contributed by atoms with Gasteiger partial charge in [-0.15, -0.1) is 0 Å². The van der Waals surface area contributed by atoms with Gasteiger partial charge in [-0.1, -0.05) is 30.4 Å². The molecule has 1 atom stereocenters. The molecule has 0 bridgehead atoms. The third-order valence-electron chi connectivity index (χ3n) is 2.47. The summed E-state index contributed by atoms with van der Waals surface area (Å²) in [4.78, 5) is 0. The molecule has 0 saturated carbocycles. The van der Waals surface area contributed by atoms with Crippen LogP contribution in [0.4, 0.5) is 0 Å². The number of hydrogen-bond donors (Lipinski definition) is 3. The van der Waals surface area contributed by atoms with Crippen LogP contribution in [-0.2, 0) is 0 Å². The van der Waals surface area contributed by atoms with Gasteiger partial charge in [0.2, 0.25) is 0 Å². The summed E-state index contributed by atoms with van der Waals surface area (Å²) in [5.74, 6) is 0.171. The van der Waals surface area contributed by atoms with Crippen molar-refractivity contribution in [2.24, 2.45) is 5.73 Å². The molecule has 0 spiro atoms. The molecule has 2 rings (SSSR count). The Bertz CT molecular complexity index is 486. The third kappa shape index (κ3) is 1.99. The Morgan fingerprint density at radius 2 is 2.00 bits per heavy atom. The van der Waals surface area contributed by atoms with Crippen molar-refractivity contribution >= 4 is 6.08 Å². The predicted octanol–water partition coefficient (Wildman–Crippen LogP) is 1.55. The third-order valence-corrected chi connectivity index (χ3v) is 2.47. The molecule has 0 heterocycles. The molecule has 82 valence electrons. The zero-order valence-electron chi connectivity index (χ0n) is 8.67. The van der Waals surface area contributed by atoms with Crippen LogP contribution in [-0.4, -0.2) is 16.3 Å². The normalized spacial score (nSPS) is 22.2. The van der Waals surface area contributed by atoms with Gasteiger partial charge in [0.1, 0.15) is 5.75 Å². The number of hydrogen-bond acceptors (Lipinski definition) is 3. The quantitative estimate of drug-likeness (QED) is 0.665. The first-order valence-electron chi connectivity index (χ1n) is 5.00. The molecule has 3 heteroatoms. The highest BCUT2D eigenvalue weighted by atomic mass is 16.3. The lowest BCUT2D eigenvalue weighted by Gasteiger charge is -2.15. The number of para-hydroxylation sites is 1. The molecule has 1 unspecified atom stereocenters. The summed E-state index contributed by atoms with van der Waals surface area (Å²) in [7, 11) is 0. The van der Waals surface area contributed by atoms with E-state index in [1.54, 1.807) is 42.5 Å². The number of aliphatic hydroxyl groups excluding tert-OH is 1. The first kappa shape index (κ1) is 10.5. The molecule has 0 aromatic heterocycles. The van der Waals surface area contributed by atoms with E-state index >= 15 is 0 Å². The van der Waals surface area contributed by atoms with Gasteiger partial charge in [0, 0.05) is 16.8 Å². The lowest BCUT2D eigenvalue weighted by atomic mass is 9.98. The van der Waals surface area contributed by atoms with Crippen molar-refractivity contribution in [3.8, 4) is 5.75 Å². The minimum atomic E-state index is -0.718. The minimum absolute atomic E-state index is 0.171. The van der Waals surface area contributed by atoms with Crippen LogP contribution < -0.4 is 5.73 Å². The van der Waals surface area contributed by atoms with Crippen LogP contribution in [0.5, 0.6) is 5.75 Å². The standard InChI is InChI=1S/C13H13NO2/c14-11-5-3-7-13(16)10(11)8-9-4-1-2-6-12(9)15/h1-8,13,15-16H,14H2. The van der Waals surface area contributed by atoms with Gasteiger partial charge in [-0.2, -0.15) is 0 Å². The molecule has 4 N–H and O–H groups in total. The van der Waals surface area contributed by atoms with Crippen LogP contribution in [0.1, 0.15) is 5.56 Å². The number of allylic oxidation sites excluding steroid dienone is 2. The summed E-state index contributed by atoms with van der Waals surface area (Å²) in [6, 6.07) is 6.92. The summed E-state index contributed by atoms with van der Waals surface area (Å²) in [6.07, 6.45) is 6.04. The molecule has 1 aliphatic carbocycles. The van der Waals surface area contributed by atoms with Gasteiger partial charge in [0.25, 0.3) is 0 Å². The molecule has 0 saturated heterocycles. The number of phenols is 1. The van der Waals surface area contributed by atoms with Crippen molar-refractivity contribution in [2.75, 3.05) is 0 Å². The summed E-state index contributed by atoms with van der Waals surface area (Å²) >= 11 is 0. The number of aromatic hydroxyl groups is 1. The van der Waals surface area contributed by atoms with Crippen LogP contribution in [0.15, 0.2) is 53.8 Å². The van der Waals surface area contributed by atoms with Crippen molar-refractivity contribution in [2.45, 2.75) is 6.10 Å². The first-order chi connectivity index (χ1) is 7.68. The van der Waals surface area contributed by atoms with E-state index in [0.717, 1.165) is 0 Å². The van der Waals surface area contributed by atoms with Crippen LogP contribution >= 0.6 is 0 Å². The molecule has 0 radical (unpaired) electrons. The van der Waals surface area contributed by atoms with E-state index in [2.05, 4.69) is 0 Å². The van der Waals surface area contributed by atoms with Crippen molar-refractivity contribution in [1.82, 2.24) is 0 Å². The molecule has 0 aliphatic heterocycles. The van der Waals surface area contributed by atoms with Gasteiger partial charge in [0.15, 0.2) is 0 Å². The summed E-state index contributed by atoms with van der Waals surface area (Å²) in [5, 5.41) is 19.3. The van der Waals surface area contributed by atoms with Gasteiger partial charge in [-0.05, 0) is 18.2 Å². The van der Waals surface area contributed by atoms with E-state index in [1.807, 2.05) is 6.07 Å².